The quantitative estimate of drug-likeness (QED) is 0.785. The summed E-state index contributed by atoms with van der Waals surface area (Å²) in [6.07, 6.45) is 3.29. The summed E-state index contributed by atoms with van der Waals surface area (Å²) >= 11 is 0. The van der Waals surface area contributed by atoms with Gasteiger partial charge in [0.1, 0.15) is 12.1 Å². The van der Waals surface area contributed by atoms with Crippen LogP contribution in [0.3, 0.4) is 0 Å². The number of aromatic nitrogens is 3. The lowest BCUT2D eigenvalue weighted by Crippen LogP contribution is -2.27. The summed E-state index contributed by atoms with van der Waals surface area (Å²) in [5, 5.41) is 4.39. The molecule has 0 fully saturated rings. The van der Waals surface area contributed by atoms with Crippen LogP contribution in [-0.2, 0) is 0 Å². The van der Waals surface area contributed by atoms with Crippen LogP contribution in [0, 0.1) is 6.92 Å². The highest BCUT2D eigenvalue weighted by Crippen LogP contribution is 2.22. The van der Waals surface area contributed by atoms with E-state index in [9.17, 15) is 0 Å². The van der Waals surface area contributed by atoms with Crippen molar-refractivity contribution in [3.05, 3.63) is 60.0 Å². The predicted molar refractivity (Wildman–Crippen MR) is 93.4 cm³/mol. The second kappa shape index (κ2) is 6.71. The van der Waals surface area contributed by atoms with E-state index in [2.05, 4.69) is 70.5 Å². The molecule has 0 aliphatic heterocycles. The van der Waals surface area contributed by atoms with Crippen LogP contribution in [0.2, 0.25) is 0 Å². The largest absolute Gasteiger partial charge is 0.367 e. The van der Waals surface area contributed by atoms with Gasteiger partial charge in [-0.3, -0.25) is 0 Å². The highest BCUT2D eigenvalue weighted by molar-refractivity contribution is 5.85. The normalized spacial score (nSPS) is 12.5. The molecule has 0 amide bonds. The molecule has 118 valence electrons. The second-order valence-corrected chi connectivity index (χ2v) is 5.87. The summed E-state index contributed by atoms with van der Waals surface area (Å²) in [5.41, 5.74) is 3.26. The lowest BCUT2D eigenvalue weighted by molar-refractivity contribution is 0.311. The number of anilines is 1. The number of fused-ring (bicyclic) bond motifs is 1. The molecule has 3 aromatic rings. The summed E-state index contributed by atoms with van der Waals surface area (Å²) in [5.74, 6) is 0.821. The molecule has 1 atom stereocenters. The van der Waals surface area contributed by atoms with Gasteiger partial charge in [0.2, 0.25) is 0 Å². The number of likely N-dealkylation sites (N-methyl/N-ethyl adjacent to an activating group) is 1. The standard InChI is InChI=1S/C18H21N5/c1-13-6-8-14(9-7-13)16(23(2)3)11-20-18-15-5-4-10-19-17(15)21-12-22-18/h4-10,12,16H,11H2,1-3H3,(H,19,20,21,22). The highest BCUT2D eigenvalue weighted by atomic mass is 15.1. The Morgan fingerprint density at radius 2 is 1.83 bits per heavy atom. The summed E-state index contributed by atoms with van der Waals surface area (Å²) in [7, 11) is 4.18. The van der Waals surface area contributed by atoms with E-state index in [0.717, 1.165) is 17.7 Å². The van der Waals surface area contributed by atoms with Crippen LogP contribution in [0.15, 0.2) is 48.9 Å². The third-order valence-corrected chi connectivity index (χ3v) is 3.96. The fourth-order valence-electron chi connectivity index (χ4n) is 2.62. The van der Waals surface area contributed by atoms with Crippen molar-refractivity contribution in [2.75, 3.05) is 26.0 Å². The Labute approximate surface area is 136 Å². The van der Waals surface area contributed by atoms with Gasteiger partial charge in [-0.25, -0.2) is 15.0 Å². The number of hydrogen-bond donors (Lipinski definition) is 1. The molecule has 5 heteroatoms. The molecule has 0 saturated carbocycles. The number of hydrogen-bond acceptors (Lipinski definition) is 5. The van der Waals surface area contributed by atoms with Gasteiger partial charge in [0.25, 0.3) is 0 Å². The molecular weight excluding hydrogens is 286 g/mol. The Kier molecular flexibility index (Phi) is 4.48. The zero-order chi connectivity index (χ0) is 16.2. The number of nitrogens with zero attached hydrogens (tertiary/aromatic N) is 4. The van der Waals surface area contributed by atoms with Crippen LogP contribution in [-0.4, -0.2) is 40.5 Å². The van der Waals surface area contributed by atoms with Crippen molar-refractivity contribution < 1.29 is 0 Å². The van der Waals surface area contributed by atoms with Crippen molar-refractivity contribution in [3.63, 3.8) is 0 Å². The Hall–Kier alpha value is -2.53. The van der Waals surface area contributed by atoms with E-state index >= 15 is 0 Å². The summed E-state index contributed by atoms with van der Waals surface area (Å²) in [6.45, 7) is 2.86. The van der Waals surface area contributed by atoms with Crippen molar-refractivity contribution in [3.8, 4) is 0 Å². The number of aryl methyl sites for hydroxylation is 1. The van der Waals surface area contributed by atoms with Gasteiger partial charge in [-0.15, -0.1) is 0 Å². The molecule has 1 aromatic carbocycles. The first-order valence-electron chi connectivity index (χ1n) is 7.68. The van der Waals surface area contributed by atoms with Crippen molar-refractivity contribution in [2.45, 2.75) is 13.0 Å². The van der Waals surface area contributed by atoms with E-state index in [1.807, 2.05) is 12.1 Å². The number of rotatable bonds is 5. The van der Waals surface area contributed by atoms with Crippen molar-refractivity contribution in [2.24, 2.45) is 0 Å². The molecule has 0 aliphatic carbocycles. The first kappa shape index (κ1) is 15.4. The molecule has 0 spiro atoms. The summed E-state index contributed by atoms with van der Waals surface area (Å²) in [6, 6.07) is 12.8. The maximum atomic E-state index is 4.37. The van der Waals surface area contributed by atoms with E-state index in [4.69, 9.17) is 0 Å². The van der Waals surface area contributed by atoms with Gasteiger partial charge < -0.3 is 10.2 Å². The lowest BCUT2D eigenvalue weighted by Gasteiger charge is -2.25. The van der Waals surface area contributed by atoms with Gasteiger partial charge in [-0.05, 0) is 38.7 Å². The minimum atomic E-state index is 0.261. The van der Waals surface area contributed by atoms with Crippen LogP contribution in [0.25, 0.3) is 11.0 Å². The Morgan fingerprint density at radius 1 is 1.04 bits per heavy atom. The molecule has 0 aliphatic rings. The van der Waals surface area contributed by atoms with E-state index < -0.39 is 0 Å². The maximum absolute atomic E-state index is 4.37. The van der Waals surface area contributed by atoms with Gasteiger partial charge in [0.05, 0.1) is 11.4 Å². The van der Waals surface area contributed by atoms with Gasteiger partial charge in [0, 0.05) is 12.7 Å². The number of nitrogens with one attached hydrogen (secondary N) is 1. The summed E-state index contributed by atoms with van der Waals surface area (Å²) < 4.78 is 0. The topological polar surface area (TPSA) is 53.9 Å². The molecule has 5 nitrogen and oxygen atoms in total. The molecule has 2 heterocycles. The molecular formula is C18H21N5. The molecule has 23 heavy (non-hydrogen) atoms. The third-order valence-electron chi connectivity index (χ3n) is 3.96. The third kappa shape index (κ3) is 3.46. The average molecular weight is 307 g/mol. The molecule has 0 saturated heterocycles. The minimum absolute atomic E-state index is 0.261. The van der Waals surface area contributed by atoms with Crippen LogP contribution in [0.1, 0.15) is 17.2 Å². The van der Waals surface area contributed by atoms with E-state index in [1.54, 1.807) is 12.5 Å². The Balaban J connectivity index is 1.82. The Bertz CT molecular complexity index is 778. The lowest BCUT2D eigenvalue weighted by atomic mass is 10.0. The number of pyridine rings is 1. The molecule has 2 aromatic heterocycles. The zero-order valence-electron chi connectivity index (χ0n) is 13.7. The first-order chi connectivity index (χ1) is 11.1. The van der Waals surface area contributed by atoms with Crippen molar-refractivity contribution in [1.82, 2.24) is 19.9 Å². The molecule has 0 radical (unpaired) electrons. The smallest absolute Gasteiger partial charge is 0.164 e. The van der Waals surface area contributed by atoms with Crippen molar-refractivity contribution in [1.29, 1.82) is 0 Å². The molecule has 3 rings (SSSR count). The predicted octanol–water partition coefficient (Wildman–Crippen LogP) is 3.05. The van der Waals surface area contributed by atoms with Crippen LogP contribution in [0.4, 0.5) is 5.82 Å². The first-order valence-corrected chi connectivity index (χ1v) is 7.68. The van der Waals surface area contributed by atoms with Gasteiger partial charge in [-0.2, -0.15) is 0 Å². The van der Waals surface area contributed by atoms with Crippen LogP contribution < -0.4 is 5.32 Å². The van der Waals surface area contributed by atoms with Gasteiger partial charge >= 0.3 is 0 Å². The Morgan fingerprint density at radius 3 is 2.57 bits per heavy atom. The van der Waals surface area contributed by atoms with Crippen LogP contribution in [0.5, 0.6) is 0 Å². The monoisotopic (exact) mass is 307 g/mol. The van der Waals surface area contributed by atoms with E-state index in [-0.39, 0.29) is 6.04 Å². The fourth-order valence-corrected chi connectivity index (χ4v) is 2.62. The van der Waals surface area contributed by atoms with E-state index in [0.29, 0.717) is 5.65 Å². The maximum Gasteiger partial charge on any atom is 0.164 e. The highest BCUT2D eigenvalue weighted by Gasteiger charge is 2.14. The molecule has 1 unspecified atom stereocenters. The SMILES string of the molecule is Cc1ccc(C(CNc2ncnc3ncccc23)N(C)C)cc1. The fraction of sp³-hybridized carbons (Fsp3) is 0.278. The van der Waals surface area contributed by atoms with Crippen molar-refractivity contribution >= 4 is 16.9 Å². The minimum Gasteiger partial charge on any atom is -0.367 e. The van der Waals surface area contributed by atoms with Gasteiger partial charge in [0.15, 0.2) is 5.65 Å². The van der Waals surface area contributed by atoms with Crippen LogP contribution >= 0.6 is 0 Å². The molecule has 0 bridgehead atoms. The van der Waals surface area contributed by atoms with E-state index in [1.165, 1.54) is 11.1 Å². The zero-order valence-corrected chi connectivity index (χ0v) is 13.7. The number of benzene rings is 1. The summed E-state index contributed by atoms with van der Waals surface area (Å²) in [4.78, 5) is 15.0. The molecule has 1 N–H and O–H groups in total. The van der Waals surface area contributed by atoms with Gasteiger partial charge in [-0.1, -0.05) is 29.8 Å². The second-order valence-electron chi connectivity index (χ2n) is 5.87. The average Bonchev–Trinajstić information content (AvgIpc) is 2.56.